The Morgan fingerprint density at radius 2 is 1.67 bits per heavy atom. The first kappa shape index (κ1) is 18.7. The Bertz CT molecular complexity index is 957. The van der Waals surface area contributed by atoms with Crippen molar-refractivity contribution >= 4 is 34.2 Å². The van der Waals surface area contributed by atoms with Crippen LogP contribution in [0, 0.1) is 0 Å². The lowest BCUT2D eigenvalue weighted by atomic mass is 10.1. The molecule has 3 aromatic carbocycles. The van der Waals surface area contributed by atoms with Crippen LogP contribution in [-0.2, 0) is 16.0 Å². The molecule has 0 aliphatic heterocycles. The van der Waals surface area contributed by atoms with Crippen LogP contribution in [0.25, 0.3) is 10.8 Å². The Morgan fingerprint density at radius 1 is 0.963 bits per heavy atom. The predicted molar refractivity (Wildman–Crippen MR) is 105 cm³/mol. The van der Waals surface area contributed by atoms with Gasteiger partial charge in [0.2, 0.25) is 5.91 Å². The molecule has 2 N–H and O–H groups in total. The first-order valence-corrected chi connectivity index (χ1v) is 8.87. The van der Waals surface area contributed by atoms with Crippen LogP contribution in [0.4, 0.5) is 0 Å². The maximum Gasteiger partial charge on any atom is 0.279 e. The lowest BCUT2D eigenvalue weighted by Crippen LogP contribution is -2.47. The van der Waals surface area contributed by atoms with Gasteiger partial charge in [0.05, 0.1) is 6.42 Å². The van der Waals surface area contributed by atoms with Gasteiger partial charge in [0.15, 0.2) is 6.10 Å². The van der Waals surface area contributed by atoms with E-state index in [1.807, 2.05) is 42.5 Å². The molecule has 138 valence electrons. The van der Waals surface area contributed by atoms with Gasteiger partial charge in [-0.2, -0.15) is 0 Å². The lowest BCUT2D eigenvalue weighted by molar-refractivity contribution is -0.132. The monoisotopic (exact) mass is 382 g/mol. The zero-order chi connectivity index (χ0) is 19.2. The van der Waals surface area contributed by atoms with Gasteiger partial charge in [0.25, 0.3) is 5.91 Å². The van der Waals surface area contributed by atoms with E-state index in [0.29, 0.717) is 10.8 Å². The van der Waals surface area contributed by atoms with Crippen LogP contribution in [0.2, 0.25) is 5.02 Å². The Morgan fingerprint density at radius 3 is 2.41 bits per heavy atom. The minimum Gasteiger partial charge on any atom is -0.481 e. The molecule has 27 heavy (non-hydrogen) atoms. The average molecular weight is 383 g/mol. The van der Waals surface area contributed by atoms with Crippen LogP contribution >= 0.6 is 11.6 Å². The number of benzene rings is 3. The molecule has 0 saturated carbocycles. The number of hydrogen-bond donors (Lipinski definition) is 2. The van der Waals surface area contributed by atoms with Gasteiger partial charge in [-0.3, -0.25) is 20.4 Å². The largest absolute Gasteiger partial charge is 0.481 e. The van der Waals surface area contributed by atoms with E-state index in [1.54, 1.807) is 31.2 Å². The highest BCUT2D eigenvalue weighted by molar-refractivity contribution is 6.30. The van der Waals surface area contributed by atoms with Crippen molar-refractivity contribution in [2.24, 2.45) is 0 Å². The quantitative estimate of drug-likeness (QED) is 0.662. The molecule has 5 nitrogen and oxygen atoms in total. The second-order valence-electron chi connectivity index (χ2n) is 6.11. The number of hydrazine groups is 1. The molecule has 0 saturated heterocycles. The predicted octanol–water partition coefficient (Wildman–Crippen LogP) is 3.65. The third-order valence-corrected chi connectivity index (χ3v) is 4.26. The zero-order valence-corrected chi connectivity index (χ0v) is 15.5. The third kappa shape index (κ3) is 5.21. The van der Waals surface area contributed by atoms with E-state index < -0.39 is 12.0 Å². The van der Waals surface area contributed by atoms with Crippen LogP contribution in [0.15, 0.2) is 66.7 Å². The van der Waals surface area contributed by atoms with Gasteiger partial charge in [-0.25, -0.2) is 0 Å². The van der Waals surface area contributed by atoms with E-state index >= 15 is 0 Å². The van der Waals surface area contributed by atoms with Gasteiger partial charge in [0.1, 0.15) is 5.75 Å². The maximum absolute atomic E-state index is 12.1. The van der Waals surface area contributed by atoms with Crippen LogP contribution in [0.1, 0.15) is 12.5 Å². The summed E-state index contributed by atoms with van der Waals surface area (Å²) in [6.07, 6.45) is -0.626. The first-order chi connectivity index (χ1) is 13.0. The minimum atomic E-state index is -0.762. The summed E-state index contributed by atoms with van der Waals surface area (Å²) in [7, 11) is 0. The molecule has 2 amide bonds. The molecule has 6 heteroatoms. The molecule has 0 aliphatic carbocycles. The van der Waals surface area contributed by atoms with Crippen molar-refractivity contribution in [2.75, 3.05) is 0 Å². The normalized spacial score (nSPS) is 11.6. The summed E-state index contributed by atoms with van der Waals surface area (Å²) in [6, 6.07) is 20.4. The number of amides is 2. The molecule has 0 radical (unpaired) electrons. The number of carbonyl (C=O) groups is 2. The second kappa shape index (κ2) is 8.56. The molecule has 3 aromatic rings. The van der Waals surface area contributed by atoms with Crippen LogP contribution in [-0.4, -0.2) is 17.9 Å². The Hall–Kier alpha value is -3.05. The van der Waals surface area contributed by atoms with Gasteiger partial charge in [-0.1, -0.05) is 54.1 Å². The molecule has 0 unspecified atom stereocenters. The summed E-state index contributed by atoms with van der Waals surface area (Å²) in [6.45, 7) is 1.62. The molecular weight excluding hydrogens is 364 g/mol. The van der Waals surface area contributed by atoms with Crippen molar-refractivity contribution in [3.05, 3.63) is 77.3 Å². The topological polar surface area (TPSA) is 67.4 Å². The highest BCUT2D eigenvalue weighted by Gasteiger charge is 2.15. The molecular formula is C21H19ClN2O3. The van der Waals surface area contributed by atoms with E-state index in [2.05, 4.69) is 10.9 Å². The van der Waals surface area contributed by atoms with Gasteiger partial charge in [-0.15, -0.1) is 0 Å². The van der Waals surface area contributed by atoms with E-state index in [1.165, 1.54) is 0 Å². The van der Waals surface area contributed by atoms with Crippen LogP contribution in [0.5, 0.6) is 5.75 Å². The summed E-state index contributed by atoms with van der Waals surface area (Å²) in [4.78, 5) is 24.1. The fraction of sp³-hybridized carbons (Fsp3) is 0.143. The van der Waals surface area contributed by atoms with Crippen molar-refractivity contribution in [3.63, 3.8) is 0 Å². The smallest absolute Gasteiger partial charge is 0.279 e. The van der Waals surface area contributed by atoms with E-state index in [9.17, 15) is 9.59 Å². The summed E-state index contributed by atoms with van der Waals surface area (Å²) < 4.78 is 5.67. The molecule has 0 spiro atoms. The van der Waals surface area contributed by atoms with Gasteiger partial charge >= 0.3 is 0 Å². The molecule has 0 bridgehead atoms. The first-order valence-electron chi connectivity index (χ1n) is 8.50. The van der Waals surface area contributed by atoms with Crippen molar-refractivity contribution in [2.45, 2.75) is 19.4 Å². The minimum absolute atomic E-state index is 0.136. The van der Waals surface area contributed by atoms with Gasteiger partial charge in [-0.05, 0) is 47.5 Å². The second-order valence-corrected chi connectivity index (χ2v) is 6.55. The fourth-order valence-electron chi connectivity index (χ4n) is 2.56. The number of fused-ring (bicyclic) bond motifs is 1. The summed E-state index contributed by atoms with van der Waals surface area (Å²) in [5.41, 5.74) is 5.57. The number of carbonyl (C=O) groups excluding carboxylic acids is 2. The van der Waals surface area contributed by atoms with Crippen LogP contribution < -0.4 is 15.6 Å². The Labute approximate surface area is 162 Å². The molecule has 3 rings (SSSR count). The summed E-state index contributed by atoms with van der Waals surface area (Å²) >= 11 is 5.81. The number of hydrogen-bond acceptors (Lipinski definition) is 3. The van der Waals surface area contributed by atoms with Crippen molar-refractivity contribution in [3.8, 4) is 5.75 Å². The zero-order valence-electron chi connectivity index (χ0n) is 14.7. The number of halogens is 1. The number of nitrogens with one attached hydrogen (secondary N) is 2. The molecule has 0 aliphatic rings. The third-order valence-electron chi connectivity index (χ3n) is 4.01. The van der Waals surface area contributed by atoms with E-state index in [4.69, 9.17) is 16.3 Å². The SMILES string of the molecule is C[C@@H](Oc1ccc2ccccc2c1)C(=O)NNC(=O)Cc1ccc(Cl)cc1. The number of ether oxygens (including phenoxy) is 1. The van der Waals surface area contributed by atoms with Crippen LogP contribution in [0.3, 0.4) is 0 Å². The summed E-state index contributed by atoms with van der Waals surface area (Å²) in [5, 5.41) is 2.72. The molecule has 0 fully saturated rings. The van der Waals surface area contributed by atoms with Crippen molar-refractivity contribution in [1.29, 1.82) is 0 Å². The van der Waals surface area contributed by atoms with Gasteiger partial charge < -0.3 is 4.74 Å². The highest BCUT2D eigenvalue weighted by Crippen LogP contribution is 2.21. The molecule has 1 atom stereocenters. The average Bonchev–Trinajstić information content (AvgIpc) is 2.67. The fourth-order valence-corrected chi connectivity index (χ4v) is 2.69. The molecule has 0 aromatic heterocycles. The Balaban J connectivity index is 1.50. The summed E-state index contributed by atoms with van der Waals surface area (Å²) in [5.74, 6) is -0.181. The maximum atomic E-state index is 12.1. The standard InChI is InChI=1S/C21H19ClN2O3/c1-14(27-19-11-8-16-4-2-3-5-17(16)13-19)21(26)24-23-20(25)12-15-6-9-18(22)10-7-15/h2-11,13-14H,12H2,1H3,(H,23,25)(H,24,26)/t14-/m1/s1. The van der Waals surface area contributed by atoms with Gasteiger partial charge in [0, 0.05) is 5.02 Å². The van der Waals surface area contributed by atoms with E-state index in [-0.39, 0.29) is 12.3 Å². The van der Waals surface area contributed by atoms with Crippen molar-refractivity contribution in [1.82, 2.24) is 10.9 Å². The highest BCUT2D eigenvalue weighted by atomic mass is 35.5. The number of rotatable bonds is 5. The van der Waals surface area contributed by atoms with E-state index in [0.717, 1.165) is 16.3 Å². The lowest BCUT2D eigenvalue weighted by Gasteiger charge is -2.15. The van der Waals surface area contributed by atoms with Crippen molar-refractivity contribution < 1.29 is 14.3 Å². The molecule has 0 heterocycles. The Kier molecular flexibility index (Phi) is 5.94.